The lowest BCUT2D eigenvalue weighted by Gasteiger charge is -2.14. The van der Waals surface area contributed by atoms with E-state index in [0.29, 0.717) is 5.56 Å². The van der Waals surface area contributed by atoms with Gasteiger partial charge in [0, 0.05) is 6.26 Å². The first-order valence-electron chi connectivity index (χ1n) is 5.93. The van der Waals surface area contributed by atoms with Crippen molar-refractivity contribution < 1.29 is 17.9 Å². The molecule has 6 heteroatoms. The van der Waals surface area contributed by atoms with Gasteiger partial charge in [0.25, 0.3) is 0 Å². The van der Waals surface area contributed by atoms with E-state index in [1.54, 1.807) is 12.1 Å². The Labute approximate surface area is 113 Å². The zero-order chi connectivity index (χ0) is 14.6. The molecule has 19 heavy (non-hydrogen) atoms. The number of carbonyl (C=O) groups excluding carboxylic acids is 1. The van der Waals surface area contributed by atoms with Gasteiger partial charge in [-0.3, -0.25) is 4.79 Å². The predicted octanol–water partition coefficient (Wildman–Crippen LogP) is 1.12. The molecule has 1 aromatic carbocycles. The van der Waals surface area contributed by atoms with Crippen LogP contribution in [-0.2, 0) is 26.0 Å². The number of rotatable bonds is 5. The molecule has 0 heterocycles. The fourth-order valence-electron chi connectivity index (χ4n) is 1.39. The number of hydrogen-bond acceptors (Lipinski definition) is 5. The SMILES string of the molecule is CC(C)[C@H](N)C(=O)OCc1cccc(S(C)(=O)=O)c1. The summed E-state index contributed by atoms with van der Waals surface area (Å²) in [4.78, 5) is 11.8. The number of benzene rings is 1. The van der Waals surface area contributed by atoms with Gasteiger partial charge >= 0.3 is 5.97 Å². The largest absolute Gasteiger partial charge is 0.460 e. The normalized spacial score (nSPS) is 13.3. The number of sulfone groups is 1. The highest BCUT2D eigenvalue weighted by Gasteiger charge is 2.18. The summed E-state index contributed by atoms with van der Waals surface area (Å²) in [5, 5.41) is 0. The minimum absolute atomic E-state index is 0.00476. The van der Waals surface area contributed by atoms with Crippen LogP contribution >= 0.6 is 0 Å². The van der Waals surface area contributed by atoms with E-state index in [1.807, 2.05) is 13.8 Å². The van der Waals surface area contributed by atoms with Crippen molar-refractivity contribution in [1.29, 1.82) is 0 Å². The van der Waals surface area contributed by atoms with Gasteiger partial charge in [0.2, 0.25) is 0 Å². The van der Waals surface area contributed by atoms with E-state index in [0.717, 1.165) is 6.26 Å². The molecule has 2 N–H and O–H groups in total. The van der Waals surface area contributed by atoms with Crippen LogP contribution in [0.4, 0.5) is 0 Å². The van der Waals surface area contributed by atoms with Gasteiger partial charge in [0.1, 0.15) is 12.6 Å². The van der Waals surface area contributed by atoms with Crippen LogP contribution in [0, 0.1) is 5.92 Å². The number of nitrogens with two attached hydrogens (primary N) is 1. The third kappa shape index (κ3) is 4.65. The molecule has 0 saturated heterocycles. The van der Waals surface area contributed by atoms with Crippen molar-refractivity contribution in [3.05, 3.63) is 29.8 Å². The fourth-order valence-corrected chi connectivity index (χ4v) is 2.08. The van der Waals surface area contributed by atoms with Crippen molar-refractivity contribution in [2.75, 3.05) is 6.26 Å². The highest BCUT2D eigenvalue weighted by atomic mass is 32.2. The lowest BCUT2D eigenvalue weighted by atomic mass is 10.1. The molecule has 0 aliphatic carbocycles. The first-order chi connectivity index (χ1) is 8.71. The number of esters is 1. The van der Waals surface area contributed by atoms with Crippen LogP contribution in [0.2, 0.25) is 0 Å². The van der Waals surface area contributed by atoms with E-state index in [1.165, 1.54) is 12.1 Å². The molecule has 106 valence electrons. The second-order valence-electron chi connectivity index (χ2n) is 4.80. The zero-order valence-corrected chi connectivity index (χ0v) is 12.1. The Hall–Kier alpha value is -1.40. The van der Waals surface area contributed by atoms with Gasteiger partial charge < -0.3 is 10.5 Å². The van der Waals surface area contributed by atoms with Gasteiger partial charge in [0.15, 0.2) is 9.84 Å². The molecule has 0 radical (unpaired) electrons. The molecular formula is C13H19NO4S. The molecule has 1 rings (SSSR count). The van der Waals surface area contributed by atoms with Crippen molar-refractivity contribution in [2.24, 2.45) is 11.7 Å². The summed E-state index contributed by atoms with van der Waals surface area (Å²) < 4.78 is 27.8. The molecule has 0 fully saturated rings. The third-order valence-electron chi connectivity index (χ3n) is 2.70. The van der Waals surface area contributed by atoms with Gasteiger partial charge in [0.05, 0.1) is 4.90 Å². The Kier molecular flexibility index (Phi) is 5.08. The Bertz CT molecular complexity index is 552. The summed E-state index contributed by atoms with van der Waals surface area (Å²) in [7, 11) is -3.26. The summed E-state index contributed by atoms with van der Waals surface area (Å²) in [5.74, 6) is -0.491. The molecule has 0 aromatic heterocycles. The standard InChI is InChI=1S/C13H19NO4S/c1-9(2)12(14)13(15)18-8-10-5-4-6-11(7-10)19(3,16)17/h4-7,9,12H,8,14H2,1-3H3/t12-/m0/s1. The van der Waals surface area contributed by atoms with Crippen LogP contribution in [0.15, 0.2) is 29.2 Å². The topological polar surface area (TPSA) is 86.5 Å². The third-order valence-corrected chi connectivity index (χ3v) is 3.81. The first-order valence-corrected chi connectivity index (χ1v) is 7.82. The molecule has 0 bridgehead atoms. The van der Waals surface area contributed by atoms with Crippen LogP contribution < -0.4 is 5.73 Å². The smallest absolute Gasteiger partial charge is 0.323 e. The molecule has 0 saturated carbocycles. The Morgan fingerprint density at radius 2 is 2.00 bits per heavy atom. The second kappa shape index (κ2) is 6.16. The average Bonchev–Trinajstić information content (AvgIpc) is 2.34. The van der Waals surface area contributed by atoms with E-state index >= 15 is 0 Å². The van der Waals surface area contributed by atoms with Gasteiger partial charge in [-0.2, -0.15) is 0 Å². The van der Waals surface area contributed by atoms with Crippen LogP contribution in [-0.4, -0.2) is 26.7 Å². The molecule has 0 aliphatic heterocycles. The van der Waals surface area contributed by atoms with E-state index in [-0.39, 0.29) is 17.4 Å². The van der Waals surface area contributed by atoms with E-state index in [4.69, 9.17) is 10.5 Å². The molecule has 0 aliphatic rings. The summed E-state index contributed by atoms with van der Waals surface area (Å²) in [6.45, 7) is 3.68. The van der Waals surface area contributed by atoms with E-state index < -0.39 is 21.8 Å². The lowest BCUT2D eigenvalue weighted by Crippen LogP contribution is -2.36. The van der Waals surface area contributed by atoms with E-state index in [9.17, 15) is 13.2 Å². The van der Waals surface area contributed by atoms with Crippen molar-refractivity contribution in [2.45, 2.75) is 31.4 Å². The van der Waals surface area contributed by atoms with Crippen LogP contribution in [0.3, 0.4) is 0 Å². The number of ether oxygens (including phenoxy) is 1. The summed E-state index contributed by atoms with van der Waals surface area (Å²) >= 11 is 0. The average molecular weight is 285 g/mol. The monoisotopic (exact) mass is 285 g/mol. The highest BCUT2D eigenvalue weighted by Crippen LogP contribution is 2.12. The molecule has 0 amide bonds. The summed E-state index contributed by atoms with van der Waals surface area (Å²) in [6, 6.07) is 5.63. The number of carbonyl (C=O) groups is 1. The van der Waals surface area contributed by atoms with E-state index in [2.05, 4.69) is 0 Å². The van der Waals surface area contributed by atoms with Gasteiger partial charge in [-0.1, -0.05) is 26.0 Å². The maximum absolute atomic E-state index is 11.6. The van der Waals surface area contributed by atoms with Crippen LogP contribution in [0.25, 0.3) is 0 Å². The van der Waals surface area contributed by atoms with Crippen LogP contribution in [0.5, 0.6) is 0 Å². The van der Waals surface area contributed by atoms with Crippen molar-refractivity contribution in [3.8, 4) is 0 Å². The molecule has 5 nitrogen and oxygen atoms in total. The Balaban J connectivity index is 2.72. The quantitative estimate of drug-likeness (QED) is 0.819. The highest BCUT2D eigenvalue weighted by molar-refractivity contribution is 7.90. The van der Waals surface area contributed by atoms with Crippen molar-refractivity contribution in [1.82, 2.24) is 0 Å². The zero-order valence-electron chi connectivity index (χ0n) is 11.3. The van der Waals surface area contributed by atoms with Crippen LogP contribution in [0.1, 0.15) is 19.4 Å². The number of hydrogen-bond donors (Lipinski definition) is 1. The molecule has 0 unspecified atom stereocenters. The van der Waals surface area contributed by atoms with Crippen molar-refractivity contribution in [3.63, 3.8) is 0 Å². The lowest BCUT2D eigenvalue weighted by molar-refractivity contribution is -0.147. The minimum Gasteiger partial charge on any atom is -0.460 e. The van der Waals surface area contributed by atoms with Gasteiger partial charge in [-0.05, 0) is 23.6 Å². The predicted molar refractivity (Wildman–Crippen MR) is 72.2 cm³/mol. The van der Waals surface area contributed by atoms with Gasteiger partial charge in [-0.25, -0.2) is 8.42 Å². The minimum atomic E-state index is -3.26. The van der Waals surface area contributed by atoms with Crippen molar-refractivity contribution >= 4 is 15.8 Å². The maximum atomic E-state index is 11.6. The summed E-state index contributed by atoms with van der Waals surface area (Å²) in [5.41, 5.74) is 6.27. The van der Waals surface area contributed by atoms with Gasteiger partial charge in [-0.15, -0.1) is 0 Å². The second-order valence-corrected chi connectivity index (χ2v) is 6.81. The Morgan fingerprint density at radius 1 is 1.37 bits per heavy atom. The molecule has 0 spiro atoms. The fraction of sp³-hybridized carbons (Fsp3) is 0.462. The Morgan fingerprint density at radius 3 is 2.53 bits per heavy atom. The maximum Gasteiger partial charge on any atom is 0.323 e. The molecular weight excluding hydrogens is 266 g/mol. The molecule has 1 aromatic rings. The summed E-state index contributed by atoms with van der Waals surface area (Å²) in [6.07, 6.45) is 1.13. The first kappa shape index (κ1) is 15.7. The molecule has 1 atom stereocenters.